The lowest BCUT2D eigenvalue weighted by Gasteiger charge is -2.42. The Morgan fingerprint density at radius 2 is 0.897 bits per heavy atom. The smallest absolute Gasteiger partial charge is 0.0543 e. The van der Waals surface area contributed by atoms with Crippen LogP contribution in [0.2, 0.25) is 0 Å². The number of nitrogens with zero attached hydrogens (tertiary/aromatic N) is 1. The average Bonchev–Trinajstić information content (AvgIpc) is 3.48. The summed E-state index contributed by atoms with van der Waals surface area (Å²) >= 11 is 0. The minimum absolute atomic E-state index is 0.0967. The molecule has 0 saturated carbocycles. The fourth-order valence-corrected chi connectivity index (χ4v) is 9.94. The van der Waals surface area contributed by atoms with Crippen molar-refractivity contribution < 1.29 is 0 Å². The van der Waals surface area contributed by atoms with Crippen LogP contribution in [0.15, 0.2) is 176 Å². The summed E-state index contributed by atoms with van der Waals surface area (Å²) in [6.07, 6.45) is 2.38. The fourth-order valence-electron chi connectivity index (χ4n) is 9.94. The predicted octanol–water partition coefficient (Wildman–Crippen LogP) is 16.0. The molecular weight excluding hydrogens is 699 g/mol. The van der Waals surface area contributed by atoms with E-state index in [2.05, 4.69) is 222 Å². The van der Waals surface area contributed by atoms with Crippen molar-refractivity contribution in [2.24, 2.45) is 0 Å². The highest BCUT2D eigenvalue weighted by Crippen LogP contribution is 2.55. The van der Waals surface area contributed by atoms with Gasteiger partial charge in [0.05, 0.1) is 5.69 Å². The van der Waals surface area contributed by atoms with Crippen LogP contribution in [0.5, 0.6) is 0 Å². The van der Waals surface area contributed by atoms with Gasteiger partial charge in [-0.3, -0.25) is 0 Å². The van der Waals surface area contributed by atoms with Gasteiger partial charge in [0.1, 0.15) is 0 Å². The van der Waals surface area contributed by atoms with Gasteiger partial charge in [-0.2, -0.15) is 0 Å². The maximum atomic E-state index is 2.54. The van der Waals surface area contributed by atoms with E-state index in [1.54, 1.807) is 0 Å². The van der Waals surface area contributed by atoms with Gasteiger partial charge in [-0.25, -0.2) is 0 Å². The van der Waals surface area contributed by atoms with Gasteiger partial charge >= 0.3 is 0 Å². The molecule has 2 aliphatic carbocycles. The van der Waals surface area contributed by atoms with Crippen molar-refractivity contribution in [1.82, 2.24) is 0 Å². The molecule has 0 aromatic heterocycles. The second kappa shape index (κ2) is 13.5. The zero-order chi connectivity index (χ0) is 39.8. The van der Waals surface area contributed by atoms with Crippen LogP contribution in [0.25, 0.3) is 55.3 Å². The summed E-state index contributed by atoms with van der Waals surface area (Å²) in [6, 6.07) is 65.9. The molecule has 8 aromatic rings. The van der Waals surface area contributed by atoms with Gasteiger partial charge in [0.15, 0.2) is 0 Å². The second-order valence-electron chi connectivity index (χ2n) is 18.5. The van der Waals surface area contributed by atoms with E-state index in [1.165, 1.54) is 96.1 Å². The SMILES string of the molecule is CC1(C)CCC(C)(C)c2cc(-c3cc4c(cc3N(c3ccc(-c5ccc(-c6ccccc6)cc5)cc3)c3ccc5ccccc5c3)C(C)(C)c3ccccc3-4)ccc21. The van der Waals surface area contributed by atoms with E-state index in [-0.39, 0.29) is 16.2 Å². The van der Waals surface area contributed by atoms with Gasteiger partial charge in [0, 0.05) is 22.4 Å². The van der Waals surface area contributed by atoms with Crippen LogP contribution in [0.1, 0.15) is 76.6 Å². The Bertz CT molecular complexity index is 2840. The first kappa shape index (κ1) is 36.2. The molecule has 0 fully saturated rings. The molecule has 0 unspecified atom stereocenters. The first-order chi connectivity index (χ1) is 28.0. The van der Waals surface area contributed by atoms with E-state index in [1.807, 2.05) is 0 Å². The van der Waals surface area contributed by atoms with Crippen LogP contribution in [0, 0.1) is 0 Å². The zero-order valence-electron chi connectivity index (χ0n) is 34.6. The molecular formula is C57H51N. The molecule has 284 valence electrons. The van der Waals surface area contributed by atoms with Gasteiger partial charge in [0.25, 0.3) is 0 Å². The molecule has 2 aliphatic rings. The van der Waals surface area contributed by atoms with Gasteiger partial charge in [-0.15, -0.1) is 0 Å². The molecule has 58 heavy (non-hydrogen) atoms. The van der Waals surface area contributed by atoms with Crippen LogP contribution >= 0.6 is 0 Å². The molecule has 0 radical (unpaired) electrons. The summed E-state index contributed by atoms with van der Waals surface area (Å²) in [6.45, 7) is 14.5. The normalized spacial score (nSPS) is 15.7. The van der Waals surface area contributed by atoms with E-state index in [4.69, 9.17) is 0 Å². The lowest BCUT2D eigenvalue weighted by atomic mass is 9.63. The number of anilines is 3. The molecule has 0 N–H and O–H groups in total. The summed E-state index contributed by atoms with van der Waals surface area (Å²) in [5.41, 5.74) is 19.4. The third-order valence-corrected chi connectivity index (χ3v) is 13.5. The quantitative estimate of drug-likeness (QED) is 0.164. The number of benzene rings is 8. The highest BCUT2D eigenvalue weighted by Gasteiger charge is 2.39. The Labute approximate surface area is 344 Å². The minimum Gasteiger partial charge on any atom is -0.310 e. The Balaban J connectivity index is 1.18. The number of fused-ring (bicyclic) bond motifs is 5. The molecule has 1 heteroatoms. The topological polar surface area (TPSA) is 3.24 Å². The maximum absolute atomic E-state index is 2.54. The first-order valence-corrected chi connectivity index (χ1v) is 21.0. The molecule has 0 aliphatic heterocycles. The van der Waals surface area contributed by atoms with Crippen molar-refractivity contribution in [3.8, 4) is 44.5 Å². The lowest BCUT2D eigenvalue weighted by molar-refractivity contribution is 0.332. The third kappa shape index (κ3) is 5.99. The molecule has 0 bridgehead atoms. The highest BCUT2D eigenvalue weighted by molar-refractivity contribution is 5.97. The van der Waals surface area contributed by atoms with E-state index < -0.39 is 0 Å². The zero-order valence-corrected chi connectivity index (χ0v) is 34.6. The summed E-state index contributed by atoms with van der Waals surface area (Å²) in [4.78, 5) is 2.51. The third-order valence-electron chi connectivity index (χ3n) is 13.5. The van der Waals surface area contributed by atoms with Crippen LogP contribution in [0.4, 0.5) is 17.1 Å². The van der Waals surface area contributed by atoms with Crippen molar-refractivity contribution >= 4 is 27.8 Å². The van der Waals surface area contributed by atoms with Gasteiger partial charge in [0.2, 0.25) is 0 Å². The van der Waals surface area contributed by atoms with E-state index in [0.717, 1.165) is 11.4 Å². The van der Waals surface area contributed by atoms with Crippen molar-refractivity contribution in [2.75, 3.05) is 4.90 Å². The summed E-state index contributed by atoms with van der Waals surface area (Å²) in [5, 5.41) is 2.47. The van der Waals surface area contributed by atoms with Crippen molar-refractivity contribution in [3.63, 3.8) is 0 Å². The Morgan fingerprint density at radius 3 is 1.60 bits per heavy atom. The maximum Gasteiger partial charge on any atom is 0.0543 e. The van der Waals surface area contributed by atoms with Crippen LogP contribution < -0.4 is 4.90 Å². The number of hydrogen-bond donors (Lipinski definition) is 0. The summed E-state index contributed by atoms with van der Waals surface area (Å²) < 4.78 is 0. The summed E-state index contributed by atoms with van der Waals surface area (Å²) in [7, 11) is 0. The fraction of sp³-hybridized carbons (Fsp3) is 0.193. The first-order valence-electron chi connectivity index (χ1n) is 21.0. The van der Waals surface area contributed by atoms with Crippen molar-refractivity contribution in [1.29, 1.82) is 0 Å². The molecule has 0 heterocycles. The van der Waals surface area contributed by atoms with Crippen LogP contribution in [0.3, 0.4) is 0 Å². The van der Waals surface area contributed by atoms with Gasteiger partial charge in [-0.05, 0) is 132 Å². The Hall–Kier alpha value is -6.18. The van der Waals surface area contributed by atoms with Gasteiger partial charge in [-0.1, -0.05) is 181 Å². The number of hydrogen-bond acceptors (Lipinski definition) is 1. The van der Waals surface area contributed by atoms with E-state index >= 15 is 0 Å². The number of rotatable bonds is 6. The van der Waals surface area contributed by atoms with Crippen LogP contribution in [-0.2, 0) is 16.2 Å². The van der Waals surface area contributed by atoms with E-state index in [0.29, 0.717) is 0 Å². The minimum atomic E-state index is -0.147. The lowest BCUT2D eigenvalue weighted by Crippen LogP contribution is -2.33. The average molecular weight is 750 g/mol. The highest BCUT2D eigenvalue weighted by atomic mass is 15.1. The Kier molecular flexibility index (Phi) is 8.39. The largest absolute Gasteiger partial charge is 0.310 e. The standard InChI is InChI=1S/C57H51N/c1-55(2)32-33-56(3,4)53-35-44(27-31-51(53)55)48-36-49-47-18-12-13-19-50(47)57(5,6)52(49)37-54(48)58(46-30-26-39-16-10-11-17-43(39)34-46)45-28-24-42(25-29-45)41-22-20-40(21-23-41)38-14-8-7-9-15-38/h7-31,34-37H,32-33H2,1-6H3. The molecule has 0 spiro atoms. The van der Waals surface area contributed by atoms with Gasteiger partial charge < -0.3 is 4.90 Å². The monoisotopic (exact) mass is 749 g/mol. The molecule has 0 atom stereocenters. The van der Waals surface area contributed by atoms with Crippen molar-refractivity contribution in [2.45, 2.75) is 70.6 Å². The molecule has 0 amide bonds. The second-order valence-corrected chi connectivity index (χ2v) is 18.5. The molecule has 0 saturated heterocycles. The summed E-state index contributed by atoms with van der Waals surface area (Å²) in [5.74, 6) is 0. The molecule has 8 aromatic carbocycles. The molecule has 10 rings (SSSR count). The van der Waals surface area contributed by atoms with E-state index in [9.17, 15) is 0 Å². The van der Waals surface area contributed by atoms with Crippen molar-refractivity contribution in [3.05, 3.63) is 198 Å². The molecule has 1 nitrogen and oxygen atoms in total. The Morgan fingerprint density at radius 1 is 0.345 bits per heavy atom. The predicted molar refractivity (Wildman–Crippen MR) is 248 cm³/mol. The van der Waals surface area contributed by atoms with Crippen LogP contribution in [-0.4, -0.2) is 0 Å².